The van der Waals surface area contributed by atoms with E-state index in [2.05, 4.69) is 15.2 Å². The summed E-state index contributed by atoms with van der Waals surface area (Å²) in [5.41, 5.74) is -1.19. The highest BCUT2D eigenvalue weighted by molar-refractivity contribution is 8.01. The van der Waals surface area contributed by atoms with Crippen molar-refractivity contribution in [1.29, 1.82) is 0 Å². The Hall–Kier alpha value is -1.86. The molecule has 3 rings (SSSR count). The predicted octanol–water partition coefficient (Wildman–Crippen LogP) is 3.93. The number of amides is 2. The number of fused-ring (bicyclic) bond motifs is 1. The Morgan fingerprint density at radius 1 is 1.12 bits per heavy atom. The lowest BCUT2D eigenvalue weighted by molar-refractivity contribution is -0.179. The fourth-order valence-corrected chi connectivity index (χ4v) is 7.43. The number of halogens is 1. The van der Waals surface area contributed by atoms with Gasteiger partial charge in [0.25, 0.3) is 5.91 Å². The molecule has 2 amide bonds. The van der Waals surface area contributed by atoms with Crippen LogP contribution in [0.25, 0.3) is 0 Å². The highest BCUT2D eigenvalue weighted by Crippen LogP contribution is 2.52. The van der Waals surface area contributed by atoms with Gasteiger partial charge in [0, 0.05) is 30.1 Å². The quantitative estimate of drug-likeness (QED) is 0.0928. The van der Waals surface area contributed by atoms with Crippen LogP contribution in [0.3, 0.4) is 0 Å². The van der Waals surface area contributed by atoms with Crippen molar-refractivity contribution < 1.29 is 33.4 Å². The first kappa shape index (κ1) is 36.3. The number of β-lactam (4-membered cyclic amide) rings is 1. The van der Waals surface area contributed by atoms with Crippen molar-refractivity contribution in [1.82, 2.24) is 15.1 Å². The molecule has 0 aromatic rings. The molecule has 0 spiro atoms. The molecular weight excluding hydrogens is 604 g/mol. The number of alkyl carbamates (subject to hydrolysis) is 1. The maximum Gasteiger partial charge on any atom is 0.407 e. The molecule has 0 bridgehead atoms. The van der Waals surface area contributed by atoms with Gasteiger partial charge in [0.05, 0.1) is 11.8 Å². The molecule has 0 aromatic heterocycles. The number of likely N-dealkylation sites (tertiary alicyclic amines) is 1. The first-order valence-corrected chi connectivity index (χ1v) is 16.2. The average molecular weight is 651 g/mol. The van der Waals surface area contributed by atoms with Gasteiger partial charge < -0.3 is 29.3 Å². The largest absolute Gasteiger partial charge is 0.444 e. The first-order chi connectivity index (χ1) is 19.0. The van der Waals surface area contributed by atoms with Crippen LogP contribution in [0.5, 0.6) is 0 Å². The maximum atomic E-state index is 13.0. The van der Waals surface area contributed by atoms with Crippen LogP contribution in [-0.2, 0) is 28.6 Å². The fourth-order valence-electron chi connectivity index (χ4n) is 4.74. The Morgan fingerprint density at radius 3 is 2.36 bits per heavy atom. The van der Waals surface area contributed by atoms with Crippen molar-refractivity contribution in [3.63, 3.8) is 0 Å². The number of piperidine rings is 1. The minimum absolute atomic E-state index is 0. The Bertz CT molecular complexity index is 1010. The van der Waals surface area contributed by atoms with Crippen LogP contribution in [0, 0.1) is 11.3 Å². The second-order valence-corrected chi connectivity index (χ2v) is 16.1. The van der Waals surface area contributed by atoms with Crippen LogP contribution in [0.1, 0.15) is 68.2 Å². The third-order valence-electron chi connectivity index (χ3n) is 6.95. The third-order valence-corrected chi connectivity index (χ3v) is 9.70. The second-order valence-electron chi connectivity index (χ2n) is 13.2. The highest BCUT2D eigenvalue weighted by Gasteiger charge is 2.64. The van der Waals surface area contributed by atoms with Crippen molar-refractivity contribution in [3.8, 4) is 0 Å². The van der Waals surface area contributed by atoms with Crippen LogP contribution in [0.4, 0.5) is 4.79 Å². The van der Waals surface area contributed by atoms with Crippen LogP contribution in [0.2, 0.25) is 0 Å². The lowest BCUT2D eigenvalue weighted by Crippen LogP contribution is -2.65. The van der Waals surface area contributed by atoms with Gasteiger partial charge in [-0.3, -0.25) is 14.6 Å². The van der Waals surface area contributed by atoms with Gasteiger partial charge in [0.2, 0.25) is 6.79 Å². The Balaban J connectivity index is 0.00000616. The van der Waals surface area contributed by atoms with E-state index in [0.29, 0.717) is 12.5 Å². The van der Waals surface area contributed by atoms with E-state index < -0.39 is 46.6 Å². The second kappa shape index (κ2) is 14.7. The van der Waals surface area contributed by atoms with E-state index in [9.17, 15) is 19.2 Å². The summed E-state index contributed by atoms with van der Waals surface area (Å²) < 4.78 is 15.0. The zero-order valence-electron chi connectivity index (χ0n) is 26.0. The van der Waals surface area contributed by atoms with E-state index >= 15 is 0 Å². The smallest absolute Gasteiger partial charge is 0.407 e. The summed E-state index contributed by atoms with van der Waals surface area (Å²) in [5, 5.41) is 2.56. The van der Waals surface area contributed by atoms with Crippen LogP contribution >= 0.6 is 35.9 Å². The van der Waals surface area contributed by atoms with Gasteiger partial charge in [-0.2, -0.15) is 11.8 Å². The van der Waals surface area contributed by atoms with Crippen molar-refractivity contribution in [2.75, 3.05) is 37.9 Å². The van der Waals surface area contributed by atoms with E-state index in [-0.39, 0.29) is 29.8 Å². The molecule has 240 valence electrons. The van der Waals surface area contributed by atoms with E-state index in [1.165, 1.54) is 0 Å². The van der Waals surface area contributed by atoms with Gasteiger partial charge in [-0.05, 0) is 79.9 Å². The Labute approximate surface area is 264 Å². The van der Waals surface area contributed by atoms with Crippen molar-refractivity contribution >= 4 is 66.2 Å². The standard InChI is InChI=1S/C28H46N4O7S2.ClH/c1-26(2,3)24(35)38-17-37-23(34)20-28(7,8)41-22-19(21(33)32(20)22)30-16-31-12-9-18(10-13-31)15-40-14-11-29-25(36)39-27(4,5)6;/h16,18-20,22H,9-15,17H2,1-8H3,(H,29,36);1H/t19-,20+,22-;/m1./s1. The van der Waals surface area contributed by atoms with E-state index in [0.717, 1.165) is 37.4 Å². The third kappa shape index (κ3) is 9.83. The van der Waals surface area contributed by atoms with Crippen LogP contribution in [0.15, 0.2) is 4.99 Å². The number of hydrogen-bond acceptors (Lipinski definition) is 10. The van der Waals surface area contributed by atoms with Gasteiger partial charge in [-0.25, -0.2) is 9.59 Å². The fraction of sp³-hybridized carbons (Fsp3) is 0.821. The lowest BCUT2D eigenvalue weighted by Gasteiger charge is -2.42. The van der Waals surface area contributed by atoms with Gasteiger partial charge in [0.15, 0.2) is 6.04 Å². The van der Waals surface area contributed by atoms with Crippen LogP contribution < -0.4 is 5.32 Å². The molecule has 1 N–H and O–H groups in total. The summed E-state index contributed by atoms with van der Waals surface area (Å²) in [6, 6.07) is -1.29. The number of nitrogens with zero attached hydrogens (tertiary/aromatic N) is 3. The Morgan fingerprint density at radius 2 is 1.76 bits per heavy atom. The summed E-state index contributed by atoms with van der Waals surface area (Å²) in [4.78, 5) is 57.9. The number of carbonyl (C=O) groups excluding carboxylic acids is 4. The SMILES string of the molecule is CC(C)(C)OC(=O)NCCSCC1CCN(C=N[C@@H]2C(=O)N3[C@@H]2SC(C)(C)[C@@H]3C(=O)OCOC(=O)C(C)(C)C)CC1.Cl. The van der Waals surface area contributed by atoms with Gasteiger partial charge >= 0.3 is 18.0 Å². The van der Waals surface area contributed by atoms with Crippen molar-refractivity contribution in [3.05, 3.63) is 0 Å². The minimum atomic E-state index is -0.766. The normalized spacial score (nSPS) is 24.0. The van der Waals surface area contributed by atoms with Crippen molar-refractivity contribution in [2.24, 2.45) is 16.3 Å². The summed E-state index contributed by atoms with van der Waals surface area (Å²) in [5.74, 6) is 1.25. The molecule has 42 heavy (non-hydrogen) atoms. The topological polar surface area (TPSA) is 127 Å². The molecule has 3 aliphatic heterocycles. The molecule has 3 fully saturated rings. The number of nitrogens with one attached hydrogen (secondary N) is 1. The monoisotopic (exact) mass is 650 g/mol. The molecule has 11 nitrogen and oxygen atoms in total. The molecular formula is C28H47ClN4O7S2. The summed E-state index contributed by atoms with van der Waals surface area (Å²) in [6.07, 6.45) is 3.50. The van der Waals surface area contributed by atoms with Crippen LogP contribution in [-0.4, -0.2) is 106 Å². The first-order valence-electron chi connectivity index (χ1n) is 14.2. The van der Waals surface area contributed by atoms with Crippen molar-refractivity contribution in [2.45, 2.75) is 96.0 Å². The number of hydrogen-bond donors (Lipinski definition) is 1. The number of carbonyl (C=O) groups is 4. The molecule has 0 radical (unpaired) electrons. The zero-order valence-corrected chi connectivity index (χ0v) is 28.4. The van der Waals surface area contributed by atoms with Gasteiger partial charge in [-0.1, -0.05) is 0 Å². The predicted molar refractivity (Wildman–Crippen MR) is 168 cm³/mol. The van der Waals surface area contributed by atoms with Gasteiger partial charge in [-0.15, -0.1) is 24.2 Å². The maximum absolute atomic E-state index is 13.0. The molecule has 14 heteroatoms. The number of thioether (sulfide) groups is 2. The molecule has 3 aliphatic rings. The Kier molecular flexibility index (Phi) is 12.8. The van der Waals surface area contributed by atoms with E-state index in [4.69, 9.17) is 14.2 Å². The number of aliphatic imine (C=N–C) groups is 1. The van der Waals surface area contributed by atoms with Gasteiger partial charge in [0.1, 0.15) is 17.0 Å². The molecule has 0 saturated carbocycles. The molecule has 0 aromatic carbocycles. The molecule has 0 aliphatic carbocycles. The zero-order chi connectivity index (χ0) is 30.6. The average Bonchev–Trinajstić information content (AvgIpc) is 3.10. The number of ether oxygens (including phenoxy) is 3. The highest BCUT2D eigenvalue weighted by atomic mass is 35.5. The summed E-state index contributed by atoms with van der Waals surface area (Å²) in [7, 11) is 0. The summed E-state index contributed by atoms with van der Waals surface area (Å²) >= 11 is 3.38. The molecule has 3 saturated heterocycles. The molecule has 3 atom stereocenters. The number of esters is 2. The minimum Gasteiger partial charge on any atom is -0.444 e. The summed E-state index contributed by atoms with van der Waals surface area (Å²) in [6.45, 7) is 16.4. The molecule has 3 heterocycles. The lowest BCUT2D eigenvalue weighted by atomic mass is 9.96. The number of rotatable bonds is 10. The molecule has 0 unspecified atom stereocenters. The van der Waals surface area contributed by atoms with E-state index in [1.54, 1.807) is 43.8 Å². The van der Waals surface area contributed by atoms with E-state index in [1.807, 2.05) is 46.4 Å².